The zero-order chi connectivity index (χ0) is 29.1. The molecule has 0 radical (unpaired) electrons. The summed E-state index contributed by atoms with van der Waals surface area (Å²) in [5.74, 6) is -0.801. The zero-order valence-corrected chi connectivity index (χ0v) is 24.0. The van der Waals surface area contributed by atoms with Crippen LogP contribution < -0.4 is 0 Å². The van der Waals surface area contributed by atoms with Crippen molar-refractivity contribution in [2.75, 3.05) is 67.5 Å². The number of carbonyl (C=O) groups excluding carboxylic acids is 2. The maximum absolute atomic E-state index is 13.5. The van der Waals surface area contributed by atoms with E-state index in [-0.39, 0.29) is 49.2 Å². The summed E-state index contributed by atoms with van der Waals surface area (Å²) in [7, 11) is 4.68. The predicted molar refractivity (Wildman–Crippen MR) is 148 cm³/mol. The molecule has 0 aliphatic carbocycles. The average molecular weight is 563 g/mol. The lowest BCUT2D eigenvalue weighted by molar-refractivity contribution is -0.174. The number of likely N-dealkylation sites (N-methyl/N-ethyl adjacent to an activating group) is 1. The third-order valence-electron chi connectivity index (χ3n) is 6.87. The highest BCUT2D eigenvalue weighted by molar-refractivity contribution is 5.95. The number of aliphatic hydroxyl groups excluding tert-OH is 1. The number of fused-ring (bicyclic) bond motifs is 1. The fourth-order valence-electron chi connectivity index (χ4n) is 4.87. The van der Waals surface area contributed by atoms with Gasteiger partial charge in [-0.05, 0) is 31.1 Å². The monoisotopic (exact) mass is 562 g/mol. The van der Waals surface area contributed by atoms with Crippen LogP contribution in [0.2, 0.25) is 0 Å². The van der Waals surface area contributed by atoms with Gasteiger partial charge >= 0.3 is 0 Å². The number of benzene rings is 1. The van der Waals surface area contributed by atoms with Crippen molar-refractivity contribution in [3.8, 4) is 0 Å². The highest BCUT2D eigenvalue weighted by Crippen LogP contribution is 2.42. The molecule has 0 saturated carbocycles. The molecule has 40 heavy (non-hydrogen) atoms. The van der Waals surface area contributed by atoms with E-state index >= 15 is 0 Å². The lowest BCUT2D eigenvalue weighted by Gasteiger charge is -2.37. The Bertz CT molecular complexity index is 1130. The van der Waals surface area contributed by atoms with Crippen LogP contribution in [-0.4, -0.2) is 106 Å². The topological polar surface area (TPSA) is 118 Å². The standard InChI is InChI=1S/C29H42N2O9/c1-6-39-29-22(11-13-37-15-16-38-14-12-32)23(17-26(40-29)28(34)30(3)19-27(35-4)36-5)24-18-31(20(2)33)25-10-8-7-9-21(24)25/h7-10,17-18,22-23,27,29,32H,6,11-16,19H2,1-5H3/t22-,23+,29-/m0/s1. The second-order valence-corrected chi connectivity index (χ2v) is 9.48. The molecule has 222 valence electrons. The number of carbonyl (C=O) groups is 2. The van der Waals surface area contributed by atoms with Gasteiger partial charge in [-0.2, -0.15) is 0 Å². The van der Waals surface area contributed by atoms with Gasteiger partial charge in [-0.15, -0.1) is 0 Å². The number of hydrogen-bond donors (Lipinski definition) is 1. The summed E-state index contributed by atoms with van der Waals surface area (Å²) in [6, 6.07) is 7.71. The van der Waals surface area contributed by atoms with Crippen molar-refractivity contribution in [2.24, 2.45) is 5.92 Å². The Balaban J connectivity index is 1.98. The lowest BCUT2D eigenvalue weighted by Crippen LogP contribution is -2.42. The molecular weight excluding hydrogens is 520 g/mol. The average Bonchev–Trinajstić information content (AvgIpc) is 3.35. The molecule has 1 aromatic carbocycles. The van der Waals surface area contributed by atoms with Gasteiger partial charge in [0.2, 0.25) is 12.2 Å². The van der Waals surface area contributed by atoms with Crippen LogP contribution in [0.25, 0.3) is 10.9 Å². The molecule has 2 aromatic rings. The van der Waals surface area contributed by atoms with Gasteiger partial charge in [0, 0.05) is 64.8 Å². The summed E-state index contributed by atoms with van der Waals surface area (Å²) in [6.45, 7) is 5.37. The van der Waals surface area contributed by atoms with E-state index in [4.69, 9.17) is 33.5 Å². The quantitative estimate of drug-likeness (QED) is 0.243. The van der Waals surface area contributed by atoms with E-state index in [1.807, 2.05) is 43.5 Å². The summed E-state index contributed by atoms with van der Waals surface area (Å²) in [4.78, 5) is 27.5. The van der Waals surface area contributed by atoms with Crippen molar-refractivity contribution >= 4 is 22.7 Å². The molecule has 3 rings (SSSR count). The first-order chi connectivity index (χ1) is 19.4. The minimum absolute atomic E-state index is 0.0365. The van der Waals surface area contributed by atoms with Crippen LogP contribution in [-0.2, 0) is 33.2 Å². The van der Waals surface area contributed by atoms with Gasteiger partial charge in [-0.3, -0.25) is 14.2 Å². The summed E-state index contributed by atoms with van der Waals surface area (Å²) in [5.41, 5.74) is 1.69. The molecule has 1 N–H and O–H groups in total. The first-order valence-corrected chi connectivity index (χ1v) is 13.5. The SMILES string of the molecule is CCO[C@H]1OC(C(=O)N(C)CC(OC)OC)=C[C@@H](c2cn(C(C)=O)c3ccccc23)[C@@H]1CCOCCOCCO. The van der Waals surface area contributed by atoms with Gasteiger partial charge in [0.25, 0.3) is 5.91 Å². The fourth-order valence-corrected chi connectivity index (χ4v) is 4.87. The Morgan fingerprint density at radius 2 is 1.80 bits per heavy atom. The van der Waals surface area contributed by atoms with Crippen molar-refractivity contribution in [1.82, 2.24) is 9.47 Å². The van der Waals surface area contributed by atoms with Crippen LogP contribution in [0.3, 0.4) is 0 Å². The molecule has 0 fully saturated rings. The van der Waals surface area contributed by atoms with Crippen LogP contribution in [0.4, 0.5) is 0 Å². The Morgan fingerprint density at radius 1 is 1.10 bits per heavy atom. The summed E-state index contributed by atoms with van der Waals surface area (Å²) in [5, 5.41) is 9.78. The van der Waals surface area contributed by atoms with Crippen LogP contribution in [0.1, 0.15) is 36.5 Å². The molecule has 11 heteroatoms. The van der Waals surface area contributed by atoms with E-state index in [9.17, 15) is 9.59 Å². The molecule has 0 saturated heterocycles. The number of ether oxygens (including phenoxy) is 6. The van der Waals surface area contributed by atoms with E-state index in [0.29, 0.717) is 32.8 Å². The zero-order valence-electron chi connectivity index (χ0n) is 24.0. The number of amides is 1. The van der Waals surface area contributed by atoms with Gasteiger partial charge < -0.3 is 38.4 Å². The molecule has 1 aromatic heterocycles. The normalized spacial score (nSPS) is 19.1. The molecular formula is C29H42N2O9. The van der Waals surface area contributed by atoms with Gasteiger partial charge in [0.15, 0.2) is 12.0 Å². The lowest BCUT2D eigenvalue weighted by atomic mass is 9.81. The Kier molecular flexibility index (Phi) is 12.6. The van der Waals surface area contributed by atoms with Crippen LogP contribution in [0, 0.1) is 5.92 Å². The molecule has 0 unspecified atom stereocenters. The molecule has 3 atom stereocenters. The van der Waals surface area contributed by atoms with Gasteiger partial charge in [0.05, 0.1) is 38.5 Å². The van der Waals surface area contributed by atoms with Crippen molar-refractivity contribution in [2.45, 2.75) is 38.8 Å². The first kappa shape index (κ1) is 31.7. The molecule has 11 nitrogen and oxygen atoms in total. The molecule has 2 heterocycles. The third-order valence-corrected chi connectivity index (χ3v) is 6.87. The van der Waals surface area contributed by atoms with Crippen molar-refractivity contribution in [3.05, 3.63) is 47.9 Å². The van der Waals surface area contributed by atoms with E-state index < -0.39 is 12.6 Å². The highest BCUT2D eigenvalue weighted by Gasteiger charge is 2.40. The van der Waals surface area contributed by atoms with Gasteiger partial charge in [-0.1, -0.05) is 18.2 Å². The van der Waals surface area contributed by atoms with E-state index in [0.717, 1.165) is 16.5 Å². The number of hydrogen-bond acceptors (Lipinski definition) is 9. The highest BCUT2D eigenvalue weighted by atomic mass is 16.7. The van der Waals surface area contributed by atoms with Crippen LogP contribution in [0.15, 0.2) is 42.3 Å². The van der Waals surface area contributed by atoms with Gasteiger partial charge in [-0.25, -0.2) is 0 Å². The van der Waals surface area contributed by atoms with E-state index in [1.54, 1.807) is 11.6 Å². The number of para-hydroxylation sites is 1. The Hall–Kier alpha value is -2.80. The number of methoxy groups -OCH3 is 2. The van der Waals surface area contributed by atoms with E-state index in [1.165, 1.54) is 26.0 Å². The van der Waals surface area contributed by atoms with Crippen LogP contribution >= 0.6 is 0 Å². The maximum Gasteiger partial charge on any atom is 0.288 e. The third kappa shape index (κ3) is 7.90. The Labute approximate surface area is 235 Å². The molecule has 0 spiro atoms. The van der Waals surface area contributed by atoms with Crippen molar-refractivity contribution < 1.29 is 43.1 Å². The van der Waals surface area contributed by atoms with Crippen molar-refractivity contribution in [3.63, 3.8) is 0 Å². The fraction of sp³-hybridized carbons (Fsp3) is 0.586. The number of nitrogens with zero attached hydrogens (tertiary/aromatic N) is 2. The van der Waals surface area contributed by atoms with E-state index in [2.05, 4.69) is 0 Å². The number of aromatic nitrogens is 1. The number of rotatable bonds is 16. The smallest absolute Gasteiger partial charge is 0.288 e. The second kappa shape index (κ2) is 15.8. The number of aliphatic hydroxyl groups is 1. The minimum atomic E-state index is -0.721. The maximum atomic E-state index is 13.5. The molecule has 1 aliphatic heterocycles. The first-order valence-electron chi connectivity index (χ1n) is 13.5. The summed E-state index contributed by atoms with van der Waals surface area (Å²) in [6.07, 6.45) is 2.93. The molecule has 1 amide bonds. The molecule has 0 bridgehead atoms. The minimum Gasteiger partial charge on any atom is -0.459 e. The summed E-state index contributed by atoms with van der Waals surface area (Å²) >= 11 is 0. The van der Waals surface area contributed by atoms with Crippen molar-refractivity contribution in [1.29, 1.82) is 0 Å². The Morgan fingerprint density at radius 3 is 2.45 bits per heavy atom. The molecule has 1 aliphatic rings. The largest absolute Gasteiger partial charge is 0.459 e. The second-order valence-electron chi connectivity index (χ2n) is 9.48. The van der Waals surface area contributed by atoms with Crippen LogP contribution in [0.5, 0.6) is 0 Å². The van der Waals surface area contributed by atoms with Gasteiger partial charge in [0.1, 0.15) is 0 Å². The number of allylic oxidation sites excluding steroid dienone is 1. The predicted octanol–water partition coefficient (Wildman–Crippen LogP) is 2.77. The summed E-state index contributed by atoms with van der Waals surface area (Å²) < 4.78 is 35.5.